The van der Waals surface area contributed by atoms with Crippen molar-refractivity contribution in [1.82, 2.24) is 0 Å². The maximum atomic E-state index is 14.9. The molecule has 4 rings (SSSR count). The normalized spacial score (nSPS) is 34.0. The first-order chi connectivity index (χ1) is 15.8. The zero-order valence-electron chi connectivity index (χ0n) is 19.8. The van der Waals surface area contributed by atoms with Crippen molar-refractivity contribution in [2.45, 2.75) is 102 Å². The van der Waals surface area contributed by atoms with Crippen molar-refractivity contribution in [3.05, 3.63) is 47.5 Å². The van der Waals surface area contributed by atoms with Gasteiger partial charge in [0, 0.05) is 6.07 Å². The van der Waals surface area contributed by atoms with E-state index in [9.17, 15) is 17.6 Å². The number of hydrogen-bond acceptors (Lipinski definition) is 1. The summed E-state index contributed by atoms with van der Waals surface area (Å²) in [6.07, 6.45) is 11.0. The first kappa shape index (κ1) is 24.8. The second-order valence-corrected chi connectivity index (χ2v) is 10.9. The van der Waals surface area contributed by atoms with Crippen LogP contribution in [0.4, 0.5) is 17.6 Å². The molecule has 33 heavy (non-hydrogen) atoms. The number of rotatable bonds is 6. The third kappa shape index (κ3) is 6.83. The zero-order valence-corrected chi connectivity index (χ0v) is 19.8. The van der Waals surface area contributed by atoms with E-state index >= 15 is 0 Å². The van der Waals surface area contributed by atoms with Crippen molar-refractivity contribution in [3.8, 4) is 0 Å². The standard InChI is InChI=1S/C28H38F4O/c1-19-2-4-20(5-3-19)6-7-21-8-12-24(13-9-21)28(31,32)33-27-14-10-22(11-15-27)23-16-25(29)18-26(30)17-23/h6-7,16-22,24,27H,2-5,8-15H2,1H3/b7-6+. The molecule has 0 saturated heterocycles. The highest BCUT2D eigenvalue weighted by atomic mass is 19.3. The van der Waals surface area contributed by atoms with Crippen LogP contribution in [0.25, 0.3) is 0 Å². The number of ether oxygens (including phenoxy) is 1. The van der Waals surface area contributed by atoms with Crippen molar-refractivity contribution in [1.29, 1.82) is 0 Å². The van der Waals surface area contributed by atoms with Crippen molar-refractivity contribution < 1.29 is 22.3 Å². The quantitative estimate of drug-likeness (QED) is 0.301. The summed E-state index contributed by atoms with van der Waals surface area (Å²) in [6.45, 7) is 2.32. The van der Waals surface area contributed by atoms with Crippen LogP contribution in [0.1, 0.15) is 95.5 Å². The molecule has 0 unspecified atom stereocenters. The Labute approximate surface area is 196 Å². The van der Waals surface area contributed by atoms with Gasteiger partial charge in [0.25, 0.3) is 0 Å². The highest BCUT2D eigenvalue weighted by Gasteiger charge is 2.44. The van der Waals surface area contributed by atoms with Gasteiger partial charge in [0.1, 0.15) is 11.6 Å². The Balaban J connectivity index is 1.21. The molecule has 1 aromatic rings. The molecule has 3 saturated carbocycles. The smallest absolute Gasteiger partial charge is 0.317 e. The van der Waals surface area contributed by atoms with Gasteiger partial charge < -0.3 is 4.74 Å². The third-order valence-electron chi connectivity index (χ3n) is 8.32. The van der Waals surface area contributed by atoms with Gasteiger partial charge in [-0.05, 0) is 106 Å². The van der Waals surface area contributed by atoms with Gasteiger partial charge in [0.15, 0.2) is 0 Å². The molecule has 0 aliphatic heterocycles. The Kier molecular flexibility index (Phi) is 8.19. The van der Waals surface area contributed by atoms with Crippen LogP contribution in [0.3, 0.4) is 0 Å². The minimum atomic E-state index is -3.10. The van der Waals surface area contributed by atoms with E-state index < -0.39 is 29.8 Å². The molecule has 3 aliphatic rings. The summed E-state index contributed by atoms with van der Waals surface area (Å²) in [5.41, 5.74) is 0.617. The molecule has 184 valence electrons. The van der Waals surface area contributed by atoms with E-state index in [1.165, 1.54) is 37.8 Å². The van der Waals surface area contributed by atoms with Crippen LogP contribution in [0.5, 0.6) is 0 Å². The van der Waals surface area contributed by atoms with Crippen LogP contribution >= 0.6 is 0 Å². The van der Waals surface area contributed by atoms with Gasteiger partial charge in [-0.1, -0.05) is 31.9 Å². The van der Waals surface area contributed by atoms with E-state index in [0.717, 1.165) is 24.8 Å². The van der Waals surface area contributed by atoms with Crippen LogP contribution in [0, 0.1) is 35.3 Å². The maximum Gasteiger partial charge on any atom is 0.358 e. The van der Waals surface area contributed by atoms with Gasteiger partial charge >= 0.3 is 6.11 Å². The Morgan fingerprint density at radius 3 is 1.79 bits per heavy atom. The molecule has 1 nitrogen and oxygen atoms in total. The average molecular weight is 467 g/mol. The molecular weight excluding hydrogens is 428 g/mol. The minimum absolute atomic E-state index is 0.00160. The second-order valence-electron chi connectivity index (χ2n) is 10.9. The summed E-state index contributed by atoms with van der Waals surface area (Å²) in [6, 6.07) is 3.57. The molecule has 3 aliphatic carbocycles. The van der Waals surface area contributed by atoms with E-state index in [2.05, 4.69) is 19.1 Å². The van der Waals surface area contributed by atoms with Gasteiger partial charge in [0.2, 0.25) is 0 Å². The highest BCUT2D eigenvalue weighted by molar-refractivity contribution is 5.22. The molecule has 0 bridgehead atoms. The molecule has 0 aromatic heterocycles. The number of benzene rings is 1. The summed E-state index contributed by atoms with van der Waals surface area (Å²) in [5.74, 6) is 0.0290. The van der Waals surface area contributed by atoms with Crippen LogP contribution < -0.4 is 0 Å². The lowest BCUT2D eigenvalue weighted by atomic mass is 9.79. The Morgan fingerprint density at radius 2 is 1.24 bits per heavy atom. The molecule has 0 spiro atoms. The van der Waals surface area contributed by atoms with E-state index in [1.807, 2.05) is 0 Å². The predicted octanol–water partition coefficient (Wildman–Crippen LogP) is 8.79. The molecule has 5 heteroatoms. The largest absolute Gasteiger partial charge is 0.358 e. The molecule has 3 fully saturated rings. The zero-order chi connectivity index (χ0) is 23.4. The maximum absolute atomic E-state index is 14.9. The van der Waals surface area contributed by atoms with Crippen molar-refractivity contribution in [3.63, 3.8) is 0 Å². The molecule has 1 aromatic carbocycles. The van der Waals surface area contributed by atoms with Gasteiger partial charge in [-0.2, -0.15) is 8.78 Å². The summed E-state index contributed by atoms with van der Waals surface area (Å²) in [4.78, 5) is 0. The van der Waals surface area contributed by atoms with E-state index in [0.29, 0.717) is 55.9 Å². The van der Waals surface area contributed by atoms with Crippen LogP contribution in [-0.2, 0) is 4.74 Å². The number of allylic oxidation sites excluding steroid dienone is 2. The molecule has 0 N–H and O–H groups in total. The predicted molar refractivity (Wildman–Crippen MR) is 123 cm³/mol. The van der Waals surface area contributed by atoms with Gasteiger partial charge in [-0.25, -0.2) is 8.78 Å². The van der Waals surface area contributed by atoms with Crippen LogP contribution in [-0.4, -0.2) is 12.2 Å². The van der Waals surface area contributed by atoms with Crippen molar-refractivity contribution in [2.75, 3.05) is 0 Å². The Bertz CT molecular complexity index is 763. The van der Waals surface area contributed by atoms with E-state index in [1.54, 1.807) is 0 Å². The lowest BCUT2D eigenvalue weighted by molar-refractivity contribution is -0.301. The second kappa shape index (κ2) is 10.9. The SMILES string of the molecule is CC1CCC(/C=C/C2CCC(C(F)(F)OC3CCC(c4cc(F)cc(F)c4)CC3)CC2)CC1. The number of halogens is 4. The monoisotopic (exact) mass is 466 g/mol. The summed E-state index contributed by atoms with van der Waals surface area (Å²) in [7, 11) is 0. The number of hydrogen-bond donors (Lipinski definition) is 0. The van der Waals surface area contributed by atoms with Crippen molar-refractivity contribution in [2.24, 2.45) is 23.7 Å². The minimum Gasteiger partial charge on any atom is -0.317 e. The lowest BCUT2D eigenvalue weighted by Crippen LogP contribution is -2.38. The molecule has 0 atom stereocenters. The first-order valence-electron chi connectivity index (χ1n) is 13.0. The molecule has 0 heterocycles. The van der Waals surface area contributed by atoms with Gasteiger partial charge in [-0.3, -0.25) is 0 Å². The van der Waals surface area contributed by atoms with E-state index in [4.69, 9.17) is 4.74 Å². The topological polar surface area (TPSA) is 9.23 Å². The fourth-order valence-electron chi connectivity index (χ4n) is 6.08. The van der Waals surface area contributed by atoms with Crippen LogP contribution in [0.15, 0.2) is 30.4 Å². The van der Waals surface area contributed by atoms with E-state index in [-0.39, 0.29) is 5.92 Å². The molecule has 0 amide bonds. The highest BCUT2D eigenvalue weighted by Crippen LogP contribution is 2.43. The lowest BCUT2D eigenvalue weighted by Gasteiger charge is -2.36. The molecule has 0 radical (unpaired) electrons. The first-order valence-corrected chi connectivity index (χ1v) is 13.0. The number of alkyl halides is 2. The third-order valence-corrected chi connectivity index (χ3v) is 8.32. The summed E-state index contributed by atoms with van der Waals surface area (Å²) in [5, 5.41) is 0. The fourth-order valence-corrected chi connectivity index (χ4v) is 6.08. The molecular formula is C28H38F4O. The summed E-state index contributed by atoms with van der Waals surface area (Å²) >= 11 is 0. The summed E-state index contributed by atoms with van der Waals surface area (Å²) < 4.78 is 62.2. The van der Waals surface area contributed by atoms with Crippen LogP contribution in [0.2, 0.25) is 0 Å². The Morgan fingerprint density at radius 1 is 0.727 bits per heavy atom. The fraction of sp³-hybridized carbons (Fsp3) is 0.714. The van der Waals surface area contributed by atoms with Gasteiger partial charge in [-0.15, -0.1) is 0 Å². The Hall–Kier alpha value is -1.36. The van der Waals surface area contributed by atoms with Gasteiger partial charge in [0.05, 0.1) is 12.0 Å². The van der Waals surface area contributed by atoms with Crippen molar-refractivity contribution >= 4 is 0 Å². The average Bonchev–Trinajstić information content (AvgIpc) is 2.79.